The van der Waals surface area contributed by atoms with E-state index in [4.69, 9.17) is 0 Å². The van der Waals surface area contributed by atoms with Crippen LogP contribution in [-0.4, -0.2) is 44.3 Å². The highest BCUT2D eigenvalue weighted by atomic mass is 19.4. The molecule has 1 aliphatic heterocycles. The number of carbonyl (C=O) groups excluding carboxylic acids is 2. The Bertz CT molecular complexity index is 588. The first-order chi connectivity index (χ1) is 11.8. The van der Waals surface area contributed by atoms with Crippen molar-refractivity contribution in [2.24, 2.45) is 0 Å². The van der Waals surface area contributed by atoms with Crippen LogP contribution in [-0.2, 0) is 20.7 Å². The van der Waals surface area contributed by atoms with E-state index < -0.39 is 12.8 Å². The third kappa shape index (κ3) is 6.74. The highest BCUT2D eigenvalue weighted by Gasteiger charge is 2.27. The van der Waals surface area contributed by atoms with Crippen molar-refractivity contribution in [1.82, 2.24) is 5.32 Å². The number of alkyl halides is 3. The molecule has 1 aromatic carbocycles. The van der Waals surface area contributed by atoms with Gasteiger partial charge >= 0.3 is 6.18 Å². The summed E-state index contributed by atoms with van der Waals surface area (Å²) >= 11 is 0. The summed E-state index contributed by atoms with van der Waals surface area (Å²) in [6, 6.07) is 7.23. The monoisotopic (exact) mass is 358 g/mol. The van der Waals surface area contributed by atoms with Gasteiger partial charge in [0.1, 0.15) is 6.61 Å². The lowest BCUT2D eigenvalue weighted by molar-refractivity contribution is -0.174. The second kappa shape index (κ2) is 8.84. The number of anilines is 1. The standard InChI is InChI=1S/C17H21F3N2O3/c18-17(19,20)12-25-10-2-8-21-15(23)11-13-4-6-14(7-5-13)22-9-1-3-16(22)24/h4-7H,1-3,8-12H2,(H,21,23). The van der Waals surface area contributed by atoms with Gasteiger partial charge < -0.3 is 15.0 Å². The van der Waals surface area contributed by atoms with E-state index in [0.717, 1.165) is 24.2 Å². The minimum Gasteiger partial charge on any atom is -0.372 e. The van der Waals surface area contributed by atoms with Crippen LogP contribution in [0.2, 0.25) is 0 Å². The number of rotatable bonds is 8. The summed E-state index contributed by atoms with van der Waals surface area (Å²) in [4.78, 5) is 25.2. The molecule has 0 aliphatic carbocycles. The zero-order valence-corrected chi connectivity index (χ0v) is 13.8. The fraction of sp³-hybridized carbons (Fsp3) is 0.529. The van der Waals surface area contributed by atoms with Crippen molar-refractivity contribution in [2.75, 3.05) is 31.2 Å². The molecule has 2 rings (SSSR count). The topological polar surface area (TPSA) is 58.6 Å². The Balaban J connectivity index is 1.66. The second-order valence-corrected chi connectivity index (χ2v) is 5.86. The lowest BCUT2D eigenvalue weighted by Crippen LogP contribution is -2.27. The molecule has 1 N–H and O–H groups in total. The van der Waals surface area contributed by atoms with Gasteiger partial charge in [0.05, 0.1) is 6.42 Å². The smallest absolute Gasteiger partial charge is 0.372 e. The van der Waals surface area contributed by atoms with Crippen molar-refractivity contribution < 1.29 is 27.5 Å². The molecule has 0 aromatic heterocycles. The number of carbonyl (C=O) groups is 2. The van der Waals surface area contributed by atoms with Gasteiger partial charge in [-0.3, -0.25) is 9.59 Å². The number of halogens is 3. The molecular formula is C17H21F3N2O3. The van der Waals surface area contributed by atoms with Gasteiger partial charge in [-0.05, 0) is 30.5 Å². The predicted molar refractivity (Wildman–Crippen MR) is 86.2 cm³/mol. The van der Waals surface area contributed by atoms with Crippen LogP contribution in [0.1, 0.15) is 24.8 Å². The number of nitrogens with one attached hydrogen (secondary N) is 1. The van der Waals surface area contributed by atoms with Crippen molar-refractivity contribution in [2.45, 2.75) is 31.9 Å². The molecule has 0 radical (unpaired) electrons. The third-order valence-electron chi connectivity index (χ3n) is 3.74. The maximum atomic E-state index is 11.9. The van der Waals surface area contributed by atoms with Crippen LogP contribution >= 0.6 is 0 Å². The van der Waals surface area contributed by atoms with Crippen molar-refractivity contribution >= 4 is 17.5 Å². The molecule has 1 aromatic rings. The van der Waals surface area contributed by atoms with E-state index in [-0.39, 0.29) is 31.4 Å². The van der Waals surface area contributed by atoms with Gasteiger partial charge in [0, 0.05) is 31.8 Å². The van der Waals surface area contributed by atoms with Crippen LogP contribution < -0.4 is 10.2 Å². The van der Waals surface area contributed by atoms with Crippen molar-refractivity contribution in [3.63, 3.8) is 0 Å². The maximum Gasteiger partial charge on any atom is 0.411 e. The molecule has 8 heteroatoms. The molecule has 0 unspecified atom stereocenters. The molecular weight excluding hydrogens is 337 g/mol. The van der Waals surface area contributed by atoms with Gasteiger partial charge in [0.2, 0.25) is 11.8 Å². The van der Waals surface area contributed by atoms with Crippen LogP contribution in [0.3, 0.4) is 0 Å². The van der Waals surface area contributed by atoms with Crippen molar-refractivity contribution in [1.29, 1.82) is 0 Å². The first-order valence-corrected chi connectivity index (χ1v) is 8.16. The summed E-state index contributed by atoms with van der Waals surface area (Å²) < 4.78 is 40.1. The van der Waals surface area contributed by atoms with Crippen LogP contribution in [0.25, 0.3) is 0 Å². The molecule has 138 valence electrons. The van der Waals surface area contributed by atoms with Gasteiger partial charge in [-0.2, -0.15) is 13.2 Å². The lowest BCUT2D eigenvalue weighted by Gasteiger charge is -2.15. The first kappa shape index (κ1) is 19.2. The van der Waals surface area contributed by atoms with E-state index in [1.165, 1.54) is 0 Å². The first-order valence-electron chi connectivity index (χ1n) is 8.16. The molecule has 1 fully saturated rings. The van der Waals surface area contributed by atoms with Crippen molar-refractivity contribution in [3.8, 4) is 0 Å². The second-order valence-electron chi connectivity index (χ2n) is 5.86. The summed E-state index contributed by atoms with van der Waals surface area (Å²) in [5.74, 6) is -0.0981. The summed E-state index contributed by atoms with van der Waals surface area (Å²) in [6.07, 6.45) is -2.41. The number of amides is 2. The van der Waals surface area contributed by atoms with Gasteiger partial charge in [-0.15, -0.1) is 0 Å². The summed E-state index contributed by atoms with van der Waals surface area (Å²) in [5.41, 5.74) is 1.63. The van der Waals surface area contributed by atoms with E-state index in [0.29, 0.717) is 12.8 Å². The minimum absolute atomic E-state index is 0.0572. The van der Waals surface area contributed by atoms with Gasteiger partial charge in [-0.25, -0.2) is 0 Å². The largest absolute Gasteiger partial charge is 0.411 e. The molecule has 0 bridgehead atoms. The highest BCUT2D eigenvalue weighted by molar-refractivity contribution is 5.95. The number of benzene rings is 1. The summed E-state index contributed by atoms with van der Waals surface area (Å²) in [5, 5.41) is 2.64. The van der Waals surface area contributed by atoms with E-state index in [1.807, 2.05) is 12.1 Å². The molecule has 25 heavy (non-hydrogen) atoms. The van der Waals surface area contributed by atoms with Gasteiger partial charge in [-0.1, -0.05) is 12.1 Å². The number of ether oxygens (including phenoxy) is 1. The Hall–Kier alpha value is -2.09. The quantitative estimate of drug-likeness (QED) is 0.726. The van der Waals surface area contributed by atoms with Gasteiger partial charge in [0.25, 0.3) is 0 Å². The van der Waals surface area contributed by atoms with Gasteiger partial charge in [0.15, 0.2) is 0 Å². The van der Waals surface area contributed by atoms with E-state index >= 15 is 0 Å². The van der Waals surface area contributed by atoms with E-state index in [1.54, 1.807) is 17.0 Å². The molecule has 0 saturated carbocycles. The molecule has 1 aliphatic rings. The average Bonchev–Trinajstić information content (AvgIpc) is 2.96. The zero-order chi connectivity index (χ0) is 18.3. The molecule has 2 amide bonds. The Kier molecular flexibility index (Phi) is 6.81. The van der Waals surface area contributed by atoms with Crippen LogP contribution in [0.5, 0.6) is 0 Å². The Labute approximate surface area is 144 Å². The molecule has 5 nitrogen and oxygen atoms in total. The fourth-order valence-electron chi connectivity index (χ4n) is 2.55. The van der Waals surface area contributed by atoms with Crippen LogP contribution in [0, 0.1) is 0 Å². The molecule has 1 heterocycles. The molecule has 0 spiro atoms. The van der Waals surface area contributed by atoms with Crippen LogP contribution in [0.4, 0.5) is 18.9 Å². The fourth-order valence-corrected chi connectivity index (χ4v) is 2.55. The normalized spacial score (nSPS) is 14.8. The Morgan fingerprint density at radius 3 is 2.56 bits per heavy atom. The number of nitrogens with zero attached hydrogens (tertiary/aromatic N) is 1. The average molecular weight is 358 g/mol. The number of hydrogen-bond acceptors (Lipinski definition) is 3. The Morgan fingerprint density at radius 1 is 1.24 bits per heavy atom. The summed E-state index contributed by atoms with van der Waals surface area (Å²) in [7, 11) is 0. The minimum atomic E-state index is -4.32. The zero-order valence-electron chi connectivity index (χ0n) is 13.8. The Morgan fingerprint density at radius 2 is 1.96 bits per heavy atom. The highest BCUT2D eigenvalue weighted by Crippen LogP contribution is 2.21. The molecule has 0 atom stereocenters. The predicted octanol–water partition coefficient (Wildman–Crippen LogP) is 2.44. The molecule has 1 saturated heterocycles. The van der Waals surface area contributed by atoms with Crippen LogP contribution in [0.15, 0.2) is 24.3 Å². The van der Waals surface area contributed by atoms with E-state index in [2.05, 4.69) is 10.1 Å². The number of hydrogen-bond donors (Lipinski definition) is 1. The van der Waals surface area contributed by atoms with Crippen molar-refractivity contribution in [3.05, 3.63) is 29.8 Å². The summed E-state index contributed by atoms with van der Waals surface area (Å²) in [6.45, 7) is -0.350. The SMILES string of the molecule is O=C(Cc1ccc(N2CCCC2=O)cc1)NCCCOCC(F)(F)F. The van der Waals surface area contributed by atoms with E-state index in [9.17, 15) is 22.8 Å². The maximum absolute atomic E-state index is 11.9. The lowest BCUT2D eigenvalue weighted by atomic mass is 10.1. The third-order valence-corrected chi connectivity index (χ3v) is 3.74.